The fraction of sp³-hybridized carbons (Fsp3) is 0.660. The van der Waals surface area contributed by atoms with Gasteiger partial charge in [-0.25, -0.2) is 13.4 Å². The number of Topliss-reactive ketones (excluding diaryl/α,β-unsaturated/α-hetero) is 1. The molecule has 16 heteroatoms. The Balaban J connectivity index is 1.11. The second-order valence-electron chi connectivity index (χ2n) is 20.2. The van der Waals surface area contributed by atoms with Crippen molar-refractivity contribution in [3.8, 4) is 16.6 Å². The number of ketones is 1. The monoisotopic (exact) mass is 904 g/mol. The number of hydrogen-bond donors (Lipinski definition) is 2. The summed E-state index contributed by atoms with van der Waals surface area (Å²) in [5.41, 5.74) is 1.64. The van der Waals surface area contributed by atoms with E-state index in [0.29, 0.717) is 44.0 Å². The molecular formula is C47H64N6O8S2. The zero-order valence-electron chi connectivity index (χ0n) is 37.6. The van der Waals surface area contributed by atoms with Crippen molar-refractivity contribution in [3.63, 3.8) is 0 Å². The molecule has 0 radical (unpaired) electrons. The molecule has 2 saturated heterocycles. The Bertz CT molecular complexity index is 2370. The minimum atomic E-state index is -3.96. The summed E-state index contributed by atoms with van der Waals surface area (Å²) in [4.78, 5) is 68.8. The van der Waals surface area contributed by atoms with E-state index in [1.807, 2.05) is 34.9 Å². The minimum Gasteiger partial charge on any atom is -0.460 e. The number of rotatable bonds is 10. The Kier molecular flexibility index (Phi) is 12.7. The van der Waals surface area contributed by atoms with Crippen LogP contribution in [0.25, 0.3) is 21.6 Å². The highest BCUT2D eigenvalue weighted by molar-refractivity contribution is 7.91. The molecule has 4 fully saturated rings. The van der Waals surface area contributed by atoms with Gasteiger partial charge in [0.05, 0.1) is 40.4 Å². The first kappa shape index (κ1) is 45.4. The van der Waals surface area contributed by atoms with Crippen LogP contribution >= 0.6 is 11.3 Å². The average Bonchev–Trinajstić information content (AvgIpc) is 3.89. The molecule has 2 N–H and O–H groups in total. The van der Waals surface area contributed by atoms with Crippen molar-refractivity contribution in [1.82, 2.24) is 29.5 Å². The molecule has 0 unspecified atom stereocenters. The third kappa shape index (κ3) is 9.64. The normalized spacial score (nSPS) is 27.6. The number of piperidine rings is 1. The molecule has 8 rings (SSSR count). The summed E-state index contributed by atoms with van der Waals surface area (Å²) in [5.74, 6) is -2.46. The lowest BCUT2D eigenvalue weighted by molar-refractivity contribution is -0.159. The Hall–Kier alpha value is -4.15. The fourth-order valence-electron chi connectivity index (χ4n) is 9.72. The quantitative estimate of drug-likeness (QED) is 0.153. The maximum Gasteiger partial charge on any atom is 0.307 e. The molecule has 342 valence electrons. The van der Waals surface area contributed by atoms with Crippen molar-refractivity contribution in [2.45, 2.75) is 159 Å². The van der Waals surface area contributed by atoms with Crippen molar-refractivity contribution in [2.75, 3.05) is 19.6 Å². The highest BCUT2D eigenvalue weighted by Crippen LogP contribution is 2.58. The van der Waals surface area contributed by atoms with Crippen molar-refractivity contribution in [1.29, 1.82) is 0 Å². The fourth-order valence-corrected chi connectivity index (χ4v) is 12.0. The molecule has 5 atom stereocenters. The van der Waals surface area contributed by atoms with Gasteiger partial charge in [-0.3, -0.25) is 28.5 Å². The number of aromatic nitrogens is 3. The van der Waals surface area contributed by atoms with Gasteiger partial charge in [0, 0.05) is 41.7 Å². The maximum atomic E-state index is 14.9. The molecule has 14 nitrogen and oxygen atoms in total. The third-order valence-corrected chi connectivity index (χ3v) is 16.8. The average molecular weight is 905 g/mol. The second kappa shape index (κ2) is 17.7. The van der Waals surface area contributed by atoms with Gasteiger partial charge in [0.25, 0.3) is 6.01 Å². The van der Waals surface area contributed by atoms with Crippen LogP contribution in [-0.2, 0) is 33.9 Å². The zero-order chi connectivity index (χ0) is 44.9. The highest BCUT2D eigenvalue weighted by Gasteiger charge is 2.62. The van der Waals surface area contributed by atoms with E-state index >= 15 is 0 Å². The van der Waals surface area contributed by atoms with Crippen LogP contribution in [0.5, 0.6) is 6.01 Å². The van der Waals surface area contributed by atoms with Crippen LogP contribution in [0.15, 0.2) is 35.7 Å². The standard InChI is InChI=1S/C47H64N6O8S2/c1-29(2)53-36-16-12-15-34(41-49-35(28-62-41)30-17-21-48-22-18-30)40(36)50-44(53)60-33-24-37-38(54)26-47(43(57)51-63(58,59)46(6)19-20-46)25-32(47)14-11-9-7-8-10-13-31(42(56)52(37)27-33)23-39(55)61-45(3,4)5/h11-12,14-16,28-33,37,48H,7-10,13,17-27H2,1-6H3,(H,51,57)/b14-11-/t31-,32-,33-,37+,47-/m1/s1. The number of esters is 1. The van der Waals surface area contributed by atoms with Gasteiger partial charge in [-0.05, 0) is 124 Å². The number of allylic oxidation sites excluding steroid dienone is 2. The molecule has 2 aromatic heterocycles. The van der Waals surface area contributed by atoms with Crippen molar-refractivity contribution in [3.05, 3.63) is 41.4 Å². The van der Waals surface area contributed by atoms with Crippen LogP contribution in [0.1, 0.15) is 143 Å². The number of ether oxygens (including phenoxy) is 2. The van der Waals surface area contributed by atoms with Gasteiger partial charge >= 0.3 is 5.97 Å². The van der Waals surface area contributed by atoms with Gasteiger partial charge in [0.2, 0.25) is 21.8 Å². The number of carbonyl (C=O) groups excluding carboxylic acids is 4. The largest absolute Gasteiger partial charge is 0.460 e. The molecule has 0 spiro atoms. The van der Waals surface area contributed by atoms with Crippen molar-refractivity contribution in [2.24, 2.45) is 17.3 Å². The number of thiazole rings is 1. The molecule has 63 heavy (non-hydrogen) atoms. The Morgan fingerprint density at radius 2 is 1.83 bits per heavy atom. The van der Waals surface area contributed by atoms with Crippen molar-refractivity contribution >= 4 is 56.0 Å². The van der Waals surface area contributed by atoms with Gasteiger partial charge in [-0.1, -0.05) is 31.1 Å². The molecule has 5 heterocycles. The van der Waals surface area contributed by atoms with Gasteiger partial charge in [0.15, 0.2) is 5.78 Å². The molecule has 3 aliphatic heterocycles. The van der Waals surface area contributed by atoms with Crippen LogP contribution in [0.3, 0.4) is 0 Å². The van der Waals surface area contributed by atoms with Crippen LogP contribution in [-0.4, -0.2) is 93.5 Å². The number of amides is 2. The van der Waals surface area contributed by atoms with Crippen LogP contribution in [0.4, 0.5) is 0 Å². The summed E-state index contributed by atoms with van der Waals surface area (Å²) in [7, 11) is -3.96. The summed E-state index contributed by atoms with van der Waals surface area (Å²) in [6.45, 7) is 13.1. The van der Waals surface area contributed by atoms with Gasteiger partial charge in [-0.15, -0.1) is 11.3 Å². The topological polar surface area (TPSA) is 179 Å². The van der Waals surface area contributed by atoms with Crippen LogP contribution in [0, 0.1) is 17.3 Å². The molecular weight excluding hydrogens is 841 g/mol. The van der Waals surface area contributed by atoms with Crippen LogP contribution in [0.2, 0.25) is 0 Å². The molecule has 0 bridgehead atoms. The number of para-hydroxylation sites is 1. The van der Waals surface area contributed by atoms with E-state index in [1.165, 1.54) is 0 Å². The first-order valence-corrected chi connectivity index (χ1v) is 25.4. The smallest absolute Gasteiger partial charge is 0.307 e. The van der Waals surface area contributed by atoms with E-state index in [0.717, 1.165) is 72.5 Å². The predicted molar refractivity (Wildman–Crippen MR) is 242 cm³/mol. The lowest BCUT2D eigenvalue weighted by Gasteiger charge is -2.29. The molecule has 1 aromatic carbocycles. The molecule has 2 saturated carbocycles. The summed E-state index contributed by atoms with van der Waals surface area (Å²) >= 11 is 1.61. The summed E-state index contributed by atoms with van der Waals surface area (Å²) in [5, 5.41) is 6.48. The van der Waals surface area contributed by atoms with Gasteiger partial charge in [-0.2, -0.15) is 4.98 Å². The molecule has 2 amide bonds. The number of sulfonamides is 1. The van der Waals surface area contributed by atoms with E-state index in [-0.39, 0.29) is 49.5 Å². The Morgan fingerprint density at radius 1 is 1.06 bits per heavy atom. The number of carbonyl (C=O) groups is 4. The highest BCUT2D eigenvalue weighted by atomic mass is 32.2. The number of imidazole rings is 1. The Morgan fingerprint density at radius 3 is 2.54 bits per heavy atom. The van der Waals surface area contributed by atoms with Gasteiger partial charge in [0.1, 0.15) is 22.2 Å². The molecule has 3 aromatic rings. The Labute approximate surface area is 375 Å². The first-order chi connectivity index (χ1) is 29.9. The number of nitrogens with zero attached hydrogens (tertiary/aromatic N) is 4. The second-order valence-corrected chi connectivity index (χ2v) is 23.2. The van der Waals surface area contributed by atoms with E-state index in [9.17, 15) is 27.6 Å². The third-order valence-electron chi connectivity index (χ3n) is 13.8. The lowest BCUT2D eigenvalue weighted by Crippen LogP contribution is -2.47. The molecule has 2 aliphatic carbocycles. The SMILES string of the molecule is CC(C)n1c(O[C@@H]2C[C@H]3C(=O)C[C@]4(C(=O)NS(=O)(=O)C5(C)CC5)C[C@H]4/C=C\CCCCC[C@H](CC(=O)OC(C)(C)C)C(=O)N3C2)nc2c(-c3nc(C4CCNCC4)cs3)cccc21. The van der Waals surface area contributed by atoms with Gasteiger partial charge < -0.3 is 19.7 Å². The predicted octanol–water partition coefficient (Wildman–Crippen LogP) is 7.39. The van der Waals surface area contributed by atoms with E-state index in [1.54, 1.807) is 43.9 Å². The number of hydrogen-bond acceptors (Lipinski definition) is 12. The lowest BCUT2D eigenvalue weighted by atomic mass is 9.90. The molecule has 5 aliphatic rings. The summed E-state index contributed by atoms with van der Waals surface area (Å²) in [6, 6.07) is 5.39. The van der Waals surface area contributed by atoms with E-state index in [2.05, 4.69) is 29.3 Å². The minimum absolute atomic E-state index is 0.0532. The zero-order valence-corrected chi connectivity index (χ0v) is 39.2. The number of nitrogens with one attached hydrogen (secondary N) is 2. The first-order valence-electron chi connectivity index (χ1n) is 23.0. The number of fused-ring (bicyclic) bond motifs is 3. The van der Waals surface area contributed by atoms with Crippen molar-refractivity contribution < 1.29 is 37.1 Å². The summed E-state index contributed by atoms with van der Waals surface area (Å²) < 4.78 is 42.5. The van der Waals surface area contributed by atoms with Crippen LogP contribution < -0.4 is 14.8 Å². The van der Waals surface area contributed by atoms with E-state index in [4.69, 9.17) is 19.4 Å². The maximum absolute atomic E-state index is 14.9. The number of benzene rings is 1. The summed E-state index contributed by atoms with van der Waals surface area (Å²) in [6.07, 6.45) is 9.98. The van der Waals surface area contributed by atoms with E-state index < -0.39 is 55.7 Å².